The van der Waals surface area contributed by atoms with Gasteiger partial charge in [-0.1, -0.05) is 47.1 Å². The molecule has 4 amide bonds. The molecule has 3 aromatic rings. The third-order valence-corrected chi connectivity index (χ3v) is 6.50. The number of carbonyl (C=O) groups is 3. The van der Waals surface area contributed by atoms with Crippen LogP contribution < -0.4 is 15.0 Å². The number of aryl methyl sites for hydroxylation is 1. The molecule has 1 heterocycles. The number of amides is 4. The molecule has 1 saturated heterocycles. The van der Waals surface area contributed by atoms with Crippen molar-refractivity contribution in [3.05, 3.63) is 97.0 Å². The Morgan fingerprint density at radius 3 is 2.32 bits per heavy atom. The Kier molecular flexibility index (Phi) is 7.47. The first-order valence-corrected chi connectivity index (χ1v) is 12.4. The zero-order valence-corrected chi connectivity index (χ0v) is 21.9. The van der Waals surface area contributed by atoms with Crippen molar-refractivity contribution >= 4 is 68.1 Å². The Morgan fingerprint density at radius 1 is 0.971 bits per heavy atom. The summed E-state index contributed by atoms with van der Waals surface area (Å²) < 4.78 is 7.88. The molecule has 0 radical (unpaired) electrons. The highest BCUT2D eigenvalue weighted by molar-refractivity contribution is 14.1. The summed E-state index contributed by atoms with van der Waals surface area (Å²) in [6, 6.07) is 19.6. The topological polar surface area (TPSA) is 75.7 Å². The minimum atomic E-state index is -0.777. The molecular weight excluding hydrogens is 611 g/mol. The Bertz CT molecular complexity index is 1290. The van der Waals surface area contributed by atoms with Gasteiger partial charge in [-0.2, -0.15) is 0 Å². The first kappa shape index (κ1) is 24.2. The molecule has 6 nitrogen and oxygen atoms in total. The van der Waals surface area contributed by atoms with Gasteiger partial charge in [-0.3, -0.25) is 14.9 Å². The number of anilines is 1. The smallest absolute Gasteiger partial charge is 0.335 e. The van der Waals surface area contributed by atoms with E-state index in [1.165, 1.54) is 6.08 Å². The average Bonchev–Trinajstić information content (AvgIpc) is 2.82. The molecule has 4 rings (SSSR count). The van der Waals surface area contributed by atoms with E-state index in [-0.39, 0.29) is 5.57 Å². The molecule has 0 saturated carbocycles. The number of urea groups is 1. The number of ether oxygens (including phenoxy) is 1. The molecular formula is C26H20BrIN2O4. The van der Waals surface area contributed by atoms with Crippen LogP contribution in [0.1, 0.15) is 23.6 Å². The molecule has 0 spiro atoms. The van der Waals surface area contributed by atoms with Crippen molar-refractivity contribution in [2.75, 3.05) is 4.90 Å². The fourth-order valence-corrected chi connectivity index (χ4v) is 4.17. The summed E-state index contributed by atoms with van der Waals surface area (Å²) in [7, 11) is 0. The minimum Gasteiger partial charge on any atom is -0.488 e. The zero-order valence-electron chi connectivity index (χ0n) is 18.2. The van der Waals surface area contributed by atoms with Gasteiger partial charge >= 0.3 is 6.03 Å². The number of nitrogens with zero attached hydrogens (tertiary/aromatic N) is 1. The number of imide groups is 2. The molecule has 1 N–H and O–H groups in total. The summed E-state index contributed by atoms with van der Waals surface area (Å²) in [5.41, 5.74) is 2.83. The van der Waals surface area contributed by atoms with Crippen molar-refractivity contribution in [2.45, 2.75) is 20.0 Å². The molecule has 1 aliphatic heterocycles. The predicted octanol–water partition coefficient (Wildman–Crippen LogP) is 5.86. The fraction of sp³-hybridized carbons (Fsp3) is 0.115. The van der Waals surface area contributed by atoms with Crippen molar-refractivity contribution in [3.63, 3.8) is 0 Å². The highest BCUT2D eigenvalue weighted by Gasteiger charge is 2.37. The standard InChI is InChI=1S/C26H20BrIN2O4/c1-2-16-5-10-21(11-6-16)30-25(32)22(24(31)29-26(30)33)14-18-13-19(27)7-12-23(18)34-15-17-3-8-20(28)9-4-17/h3-14H,2,15H2,1H3,(H,29,31,33)/b22-14-. The lowest BCUT2D eigenvalue weighted by molar-refractivity contribution is -0.122. The highest BCUT2D eigenvalue weighted by Crippen LogP contribution is 2.29. The lowest BCUT2D eigenvalue weighted by Crippen LogP contribution is -2.54. The average molecular weight is 631 g/mol. The number of barbiturate groups is 1. The molecule has 0 bridgehead atoms. The normalized spacial score (nSPS) is 15.0. The molecule has 0 aliphatic carbocycles. The number of hydrogen-bond donors (Lipinski definition) is 1. The zero-order chi connectivity index (χ0) is 24.2. The largest absolute Gasteiger partial charge is 0.488 e. The van der Waals surface area contributed by atoms with E-state index in [4.69, 9.17) is 4.74 Å². The molecule has 1 fully saturated rings. The van der Waals surface area contributed by atoms with Crippen LogP contribution in [0.4, 0.5) is 10.5 Å². The van der Waals surface area contributed by atoms with E-state index < -0.39 is 17.8 Å². The van der Waals surface area contributed by atoms with Crippen LogP contribution in [-0.4, -0.2) is 17.8 Å². The Hall–Kier alpha value is -2.98. The second-order valence-electron chi connectivity index (χ2n) is 7.58. The lowest BCUT2D eigenvalue weighted by atomic mass is 10.1. The van der Waals surface area contributed by atoms with E-state index in [2.05, 4.69) is 43.8 Å². The summed E-state index contributed by atoms with van der Waals surface area (Å²) in [6.07, 6.45) is 2.28. The van der Waals surface area contributed by atoms with Gasteiger partial charge in [-0.25, -0.2) is 9.69 Å². The summed E-state index contributed by atoms with van der Waals surface area (Å²) in [4.78, 5) is 39.3. The van der Waals surface area contributed by atoms with Gasteiger partial charge in [0.15, 0.2) is 0 Å². The van der Waals surface area contributed by atoms with Crippen LogP contribution in [0.2, 0.25) is 0 Å². The highest BCUT2D eigenvalue weighted by atomic mass is 127. The minimum absolute atomic E-state index is 0.156. The van der Waals surface area contributed by atoms with Gasteiger partial charge in [0.2, 0.25) is 0 Å². The van der Waals surface area contributed by atoms with Crippen molar-refractivity contribution in [3.8, 4) is 5.75 Å². The number of halogens is 2. The van der Waals surface area contributed by atoms with Crippen molar-refractivity contribution in [2.24, 2.45) is 0 Å². The molecule has 172 valence electrons. The third kappa shape index (κ3) is 5.39. The van der Waals surface area contributed by atoms with Crippen LogP contribution in [0.5, 0.6) is 5.75 Å². The Labute approximate surface area is 219 Å². The van der Waals surface area contributed by atoms with E-state index in [9.17, 15) is 14.4 Å². The first-order chi connectivity index (χ1) is 16.4. The van der Waals surface area contributed by atoms with Gasteiger partial charge in [0, 0.05) is 13.6 Å². The molecule has 34 heavy (non-hydrogen) atoms. The second kappa shape index (κ2) is 10.5. The van der Waals surface area contributed by atoms with Crippen molar-refractivity contribution in [1.82, 2.24) is 5.32 Å². The fourth-order valence-electron chi connectivity index (χ4n) is 3.43. The molecule has 3 aromatic carbocycles. The van der Waals surface area contributed by atoms with Gasteiger partial charge in [-0.05, 0) is 88.7 Å². The molecule has 0 unspecified atom stereocenters. The van der Waals surface area contributed by atoms with E-state index in [1.807, 2.05) is 49.4 Å². The van der Waals surface area contributed by atoms with Gasteiger partial charge < -0.3 is 4.74 Å². The van der Waals surface area contributed by atoms with E-state index >= 15 is 0 Å². The van der Waals surface area contributed by atoms with Crippen LogP contribution in [-0.2, 0) is 22.6 Å². The number of hydrogen-bond acceptors (Lipinski definition) is 4. The maximum atomic E-state index is 13.2. The predicted molar refractivity (Wildman–Crippen MR) is 142 cm³/mol. The van der Waals surface area contributed by atoms with Gasteiger partial charge in [0.05, 0.1) is 5.69 Å². The van der Waals surface area contributed by atoms with E-state index in [0.717, 1.165) is 30.5 Å². The van der Waals surface area contributed by atoms with Gasteiger partial charge in [0.1, 0.15) is 17.9 Å². The van der Waals surface area contributed by atoms with E-state index in [0.29, 0.717) is 23.6 Å². The van der Waals surface area contributed by atoms with E-state index in [1.54, 1.807) is 24.3 Å². The summed E-state index contributed by atoms with van der Waals surface area (Å²) in [5, 5.41) is 2.26. The maximum Gasteiger partial charge on any atom is 0.335 e. The summed E-state index contributed by atoms with van der Waals surface area (Å²) in [5.74, 6) is -0.938. The molecule has 8 heteroatoms. The summed E-state index contributed by atoms with van der Waals surface area (Å²) >= 11 is 5.67. The monoisotopic (exact) mass is 630 g/mol. The lowest BCUT2D eigenvalue weighted by Gasteiger charge is -2.26. The second-order valence-corrected chi connectivity index (χ2v) is 9.74. The van der Waals surface area contributed by atoms with Crippen molar-refractivity contribution in [1.29, 1.82) is 0 Å². The van der Waals surface area contributed by atoms with Gasteiger partial charge in [0.25, 0.3) is 11.8 Å². The third-order valence-electron chi connectivity index (χ3n) is 5.28. The number of nitrogens with one attached hydrogen (secondary N) is 1. The maximum absolute atomic E-state index is 13.2. The van der Waals surface area contributed by atoms with Crippen LogP contribution in [0.3, 0.4) is 0 Å². The first-order valence-electron chi connectivity index (χ1n) is 10.5. The Balaban J connectivity index is 1.65. The quantitative estimate of drug-likeness (QED) is 0.210. The molecule has 1 aliphatic rings. The summed E-state index contributed by atoms with van der Waals surface area (Å²) in [6.45, 7) is 2.34. The van der Waals surface area contributed by atoms with Crippen LogP contribution >= 0.6 is 38.5 Å². The SMILES string of the molecule is CCc1ccc(N2C(=O)NC(=O)/C(=C/c3cc(Br)ccc3OCc3ccc(I)cc3)C2=O)cc1. The van der Waals surface area contributed by atoms with Crippen LogP contribution in [0.25, 0.3) is 6.08 Å². The molecule has 0 atom stereocenters. The number of carbonyl (C=O) groups excluding carboxylic acids is 3. The van der Waals surface area contributed by atoms with Gasteiger partial charge in [-0.15, -0.1) is 0 Å². The van der Waals surface area contributed by atoms with Crippen molar-refractivity contribution < 1.29 is 19.1 Å². The Morgan fingerprint density at radius 2 is 1.65 bits per heavy atom. The molecule has 0 aromatic heterocycles. The van der Waals surface area contributed by atoms with Crippen LogP contribution in [0, 0.1) is 3.57 Å². The van der Waals surface area contributed by atoms with Crippen LogP contribution in [0.15, 0.2) is 76.8 Å². The number of rotatable bonds is 6. The number of benzene rings is 3.